The summed E-state index contributed by atoms with van der Waals surface area (Å²) in [6.07, 6.45) is 1.03. The van der Waals surface area contributed by atoms with Crippen molar-refractivity contribution in [1.29, 1.82) is 0 Å². The van der Waals surface area contributed by atoms with Crippen molar-refractivity contribution >= 4 is 27.7 Å². The fourth-order valence-corrected chi connectivity index (χ4v) is 4.39. The molecule has 0 saturated heterocycles. The number of benzene rings is 4. The van der Waals surface area contributed by atoms with Crippen molar-refractivity contribution in [3.63, 3.8) is 0 Å². The third-order valence-electron chi connectivity index (χ3n) is 6.04. The van der Waals surface area contributed by atoms with E-state index in [0.29, 0.717) is 5.56 Å². The number of primary amides is 1. The third-order valence-corrected chi connectivity index (χ3v) is 6.04. The van der Waals surface area contributed by atoms with Gasteiger partial charge in [0.25, 0.3) is 0 Å². The zero-order chi connectivity index (χ0) is 21.4. The predicted molar refractivity (Wildman–Crippen MR) is 128 cm³/mol. The number of aryl methyl sites for hydroxylation is 1. The molecule has 0 aliphatic heterocycles. The SMILES string of the molecule is CCc1ccc(Cn2c3cc(-c4ccccc4)ccc3c3c(C(N)=O)cccc32)cc1. The molecular formula is C28H24N2O. The number of nitrogens with two attached hydrogens (primary N) is 1. The van der Waals surface area contributed by atoms with E-state index in [0.717, 1.165) is 40.3 Å². The highest BCUT2D eigenvalue weighted by molar-refractivity contribution is 6.18. The Bertz CT molecular complexity index is 1400. The Labute approximate surface area is 181 Å². The molecule has 0 spiro atoms. The summed E-state index contributed by atoms with van der Waals surface area (Å²) in [4.78, 5) is 12.2. The molecule has 5 rings (SSSR count). The van der Waals surface area contributed by atoms with Crippen molar-refractivity contribution < 1.29 is 4.79 Å². The molecule has 31 heavy (non-hydrogen) atoms. The van der Waals surface area contributed by atoms with E-state index in [2.05, 4.69) is 84.3 Å². The molecule has 0 radical (unpaired) electrons. The van der Waals surface area contributed by atoms with Crippen molar-refractivity contribution in [1.82, 2.24) is 4.57 Å². The number of carbonyl (C=O) groups is 1. The predicted octanol–water partition coefficient (Wildman–Crippen LogP) is 6.17. The van der Waals surface area contributed by atoms with Gasteiger partial charge in [-0.3, -0.25) is 4.79 Å². The van der Waals surface area contributed by atoms with Crippen LogP contribution in [-0.2, 0) is 13.0 Å². The van der Waals surface area contributed by atoms with Crippen LogP contribution < -0.4 is 5.73 Å². The highest BCUT2D eigenvalue weighted by Crippen LogP contribution is 2.35. The van der Waals surface area contributed by atoms with Crippen LogP contribution in [0.15, 0.2) is 91.0 Å². The molecule has 0 aliphatic rings. The molecule has 0 bridgehead atoms. The molecule has 1 amide bonds. The molecule has 0 fully saturated rings. The molecule has 0 atom stereocenters. The normalized spacial score (nSPS) is 11.3. The summed E-state index contributed by atoms with van der Waals surface area (Å²) in [6.45, 7) is 2.89. The highest BCUT2D eigenvalue weighted by Gasteiger charge is 2.17. The van der Waals surface area contributed by atoms with Crippen LogP contribution in [0.1, 0.15) is 28.4 Å². The maximum Gasteiger partial charge on any atom is 0.249 e. The van der Waals surface area contributed by atoms with Crippen molar-refractivity contribution in [2.75, 3.05) is 0 Å². The molecule has 3 heteroatoms. The van der Waals surface area contributed by atoms with Gasteiger partial charge < -0.3 is 10.3 Å². The lowest BCUT2D eigenvalue weighted by molar-refractivity contribution is 0.100. The average Bonchev–Trinajstić information content (AvgIpc) is 3.13. The second-order valence-electron chi connectivity index (χ2n) is 7.92. The number of aromatic nitrogens is 1. The minimum absolute atomic E-state index is 0.399. The monoisotopic (exact) mass is 404 g/mol. The van der Waals surface area contributed by atoms with E-state index in [9.17, 15) is 4.79 Å². The lowest BCUT2D eigenvalue weighted by Crippen LogP contribution is -2.11. The maximum absolute atomic E-state index is 12.2. The van der Waals surface area contributed by atoms with Crippen LogP contribution in [0.2, 0.25) is 0 Å². The first-order chi connectivity index (χ1) is 15.2. The molecule has 0 saturated carbocycles. The van der Waals surface area contributed by atoms with E-state index < -0.39 is 5.91 Å². The zero-order valence-corrected chi connectivity index (χ0v) is 17.5. The Morgan fingerprint density at radius 1 is 0.774 bits per heavy atom. The van der Waals surface area contributed by atoms with E-state index in [-0.39, 0.29) is 0 Å². The van der Waals surface area contributed by atoms with E-state index in [1.807, 2.05) is 18.2 Å². The zero-order valence-electron chi connectivity index (χ0n) is 17.5. The summed E-state index contributed by atoms with van der Waals surface area (Å²) in [6, 6.07) is 31.4. The van der Waals surface area contributed by atoms with Crippen molar-refractivity contribution in [2.24, 2.45) is 5.73 Å². The fourth-order valence-electron chi connectivity index (χ4n) is 4.39. The lowest BCUT2D eigenvalue weighted by Gasteiger charge is -2.10. The summed E-state index contributed by atoms with van der Waals surface area (Å²) < 4.78 is 2.30. The number of nitrogens with zero attached hydrogens (tertiary/aromatic N) is 1. The molecule has 1 aromatic heterocycles. The number of hydrogen-bond donors (Lipinski definition) is 1. The highest BCUT2D eigenvalue weighted by atomic mass is 16.1. The van der Waals surface area contributed by atoms with Gasteiger partial charge in [-0.05, 0) is 46.9 Å². The van der Waals surface area contributed by atoms with Crippen LogP contribution >= 0.6 is 0 Å². The first kappa shape index (κ1) is 19.1. The summed E-state index contributed by atoms with van der Waals surface area (Å²) in [5.74, 6) is -0.399. The molecular weight excluding hydrogens is 380 g/mol. The van der Waals surface area contributed by atoms with Gasteiger partial charge in [0.1, 0.15) is 0 Å². The molecule has 152 valence electrons. The quantitative estimate of drug-likeness (QED) is 0.374. The summed E-state index contributed by atoms with van der Waals surface area (Å²) in [5.41, 5.74) is 13.3. The molecule has 3 nitrogen and oxygen atoms in total. The van der Waals surface area contributed by atoms with Gasteiger partial charge in [0, 0.05) is 22.9 Å². The van der Waals surface area contributed by atoms with Crippen molar-refractivity contribution in [2.45, 2.75) is 19.9 Å². The standard InChI is InChI=1S/C28H24N2O/c1-2-19-11-13-20(14-12-19)18-30-25-10-6-9-24(28(29)31)27(25)23-16-15-22(17-26(23)30)21-7-4-3-5-8-21/h3-17H,2,18H2,1H3,(H2,29,31). The lowest BCUT2D eigenvalue weighted by atomic mass is 10.0. The van der Waals surface area contributed by atoms with Gasteiger partial charge in [-0.15, -0.1) is 0 Å². The summed E-state index contributed by atoms with van der Waals surface area (Å²) >= 11 is 0. The minimum atomic E-state index is -0.399. The van der Waals surface area contributed by atoms with E-state index in [1.165, 1.54) is 16.7 Å². The Kier molecular flexibility index (Phi) is 4.79. The minimum Gasteiger partial charge on any atom is -0.366 e. The van der Waals surface area contributed by atoms with Gasteiger partial charge in [-0.1, -0.05) is 79.7 Å². The van der Waals surface area contributed by atoms with Gasteiger partial charge in [-0.2, -0.15) is 0 Å². The number of fused-ring (bicyclic) bond motifs is 3. The van der Waals surface area contributed by atoms with Crippen molar-refractivity contribution in [3.05, 3.63) is 108 Å². The first-order valence-electron chi connectivity index (χ1n) is 10.6. The topological polar surface area (TPSA) is 48.0 Å². The Balaban J connectivity index is 1.76. The van der Waals surface area contributed by atoms with Crippen LogP contribution in [0.5, 0.6) is 0 Å². The maximum atomic E-state index is 12.2. The smallest absolute Gasteiger partial charge is 0.249 e. The molecule has 1 heterocycles. The van der Waals surface area contributed by atoms with E-state index in [4.69, 9.17) is 5.73 Å². The van der Waals surface area contributed by atoms with Crippen LogP contribution in [0.25, 0.3) is 32.9 Å². The molecule has 0 aliphatic carbocycles. The van der Waals surface area contributed by atoms with E-state index >= 15 is 0 Å². The second-order valence-corrected chi connectivity index (χ2v) is 7.92. The third kappa shape index (κ3) is 3.38. The van der Waals surface area contributed by atoms with Gasteiger partial charge in [0.2, 0.25) is 5.91 Å². The summed E-state index contributed by atoms with van der Waals surface area (Å²) in [5, 5.41) is 1.98. The average molecular weight is 405 g/mol. The largest absolute Gasteiger partial charge is 0.366 e. The van der Waals surface area contributed by atoms with Gasteiger partial charge in [0.05, 0.1) is 11.0 Å². The molecule has 5 aromatic rings. The van der Waals surface area contributed by atoms with Gasteiger partial charge >= 0.3 is 0 Å². The van der Waals surface area contributed by atoms with Gasteiger partial charge in [-0.25, -0.2) is 0 Å². The van der Waals surface area contributed by atoms with E-state index in [1.54, 1.807) is 0 Å². The number of hydrogen-bond acceptors (Lipinski definition) is 1. The van der Waals surface area contributed by atoms with Crippen LogP contribution in [0.4, 0.5) is 0 Å². The number of carbonyl (C=O) groups excluding carboxylic acids is 1. The number of rotatable bonds is 5. The molecule has 4 aromatic carbocycles. The van der Waals surface area contributed by atoms with Crippen molar-refractivity contribution in [3.8, 4) is 11.1 Å². The van der Waals surface area contributed by atoms with Gasteiger partial charge in [0.15, 0.2) is 0 Å². The molecule has 0 unspecified atom stereocenters. The van der Waals surface area contributed by atoms with Crippen LogP contribution in [0, 0.1) is 0 Å². The Morgan fingerprint density at radius 2 is 1.52 bits per heavy atom. The number of amides is 1. The first-order valence-corrected chi connectivity index (χ1v) is 10.6. The summed E-state index contributed by atoms with van der Waals surface area (Å²) in [7, 11) is 0. The van der Waals surface area contributed by atoms with Crippen LogP contribution in [-0.4, -0.2) is 10.5 Å². The Morgan fingerprint density at radius 3 is 2.23 bits per heavy atom. The fraction of sp³-hybridized carbons (Fsp3) is 0.107. The molecule has 2 N–H and O–H groups in total. The van der Waals surface area contributed by atoms with Crippen LogP contribution in [0.3, 0.4) is 0 Å². The second kappa shape index (κ2) is 7.77. The Hall–Kier alpha value is -3.85.